The van der Waals surface area contributed by atoms with Gasteiger partial charge in [-0.3, -0.25) is 14.7 Å². The summed E-state index contributed by atoms with van der Waals surface area (Å²) in [6, 6.07) is 8.72. The van der Waals surface area contributed by atoms with Crippen molar-refractivity contribution >= 4 is 28.9 Å². The molecule has 208 valence electrons. The van der Waals surface area contributed by atoms with Gasteiger partial charge in [0, 0.05) is 49.5 Å². The molecule has 1 aromatic carbocycles. The number of aromatic nitrogens is 1. The molecule has 1 aliphatic heterocycles. The Hall–Kier alpha value is -3.27. The quantitative estimate of drug-likeness (QED) is 0.0951. The van der Waals surface area contributed by atoms with Crippen LogP contribution in [0.5, 0.6) is 11.5 Å². The van der Waals surface area contributed by atoms with Gasteiger partial charge in [0.05, 0.1) is 31.3 Å². The summed E-state index contributed by atoms with van der Waals surface area (Å²) < 4.78 is 11.3. The third-order valence-electron chi connectivity index (χ3n) is 5.53. The van der Waals surface area contributed by atoms with Crippen LogP contribution in [0.15, 0.2) is 60.5 Å². The monoisotopic (exact) mass is 544 g/mol. The molecule has 2 aromatic rings. The summed E-state index contributed by atoms with van der Waals surface area (Å²) in [5.74, 6) is 1.30. The number of morpholine rings is 1. The van der Waals surface area contributed by atoms with Gasteiger partial charge >= 0.3 is 0 Å². The highest BCUT2D eigenvalue weighted by Crippen LogP contribution is 2.28. The molecule has 1 aromatic heterocycles. The van der Waals surface area contributed by atoms with Crippen molar-refractivity contribution in [2.24, 2.45) is 0 Å². The maximum atomic E-state index is 12.5. The Balaban J connectivity index is 0.00000247. The zero-order valence-electron chi connectivity index (χ0n) is 22.6. The van der Waals surface area contributed by atoms with Crippen molar-refractivity contribution < 1.29 is 14.3 Å². The van der Waals surface area contributed by atoms with Gasteiger partial charge in [0.2, 0.25) is 0 Å². The number of pyridine rings is 1. The van der Waals surface area contributed by atoms with Crippen molar-refractivity contribution in [2.75, 3.05) is 63.0 Å². The number of anilines is 2. The van der Waals surface area contributed by atoms with E-state index in [4.69, 9.17) is 26.8 Å². The molecule has 1 amide bonds. The number of hydrogen-bond donors (Lipinski definition) is 4. The number of halogens is 1. The first-order chi connectivity index (χ1) is 18.6. The number of nitrogens with one attached hydrogen (secondary N) is 3. The van der Waals surface area contributed by atoms with Crippen LogP contribution in [0.2, 0.25) is 0 Å². The summed E-state index contributed by atoms with van der Waals surface area (Å²) >= 11 is 5.69. The minimum absolute atomic E-state index is 0.227. The van der Waals surface area contributed by atoms with Gasteiger partial charge in [0.1, 0.15) is 17.2 Å². The summed E-state index contributed by atoms with van der Waals surface area (Å²) in [5.41, 5.74) is 8.78. The van der Waals surface area contributed by atoms with Crippen molar-refractivity contribution in [2.45, 2.75) is 27.2 Å². The smallest absolute Gasteiger partial charge is 0.270 e. The van der Waals surface area contributed by atoms with Crippen molar-refractivity contribution in [1.82, 2.24) is 20.5 Å². The standard InChI is InChI=1S/C26H35ClN6O3.C2H6/c1-2-20(5-3-9-27)31-19-32-24-7-6-21(17-23(24)28)36-22-8-11-29-25(18-22)26(34)30-10-4-12-33-13-15-35-16-14-33;1-2/h2-3,5-8,11,17-18,31-32H,4,9-10,12-16,19,28H2,1H3,(H,30,34);1-2H3/b5-3-,20-2+;. The van der Waals surface area contributed by atoms with Gasteiger partial charge in [-0.05, 0) is 44.2 Å². The minimum Gasteiger partial charge on any atom is -0.457 e. The fraction of sp³-hybridized carbons (Fsp3) is 0.429. The number of alkyl halides is 1. The normalized spacial score (nSPS) is 13.9. The molecule has 1 saturated heterocycles. The summed E-state index contributed by atoms with van der Waals surface area (Å²) in [4.78, 5) is 19.0. The zero-order chi connectivity index (χ0) is 27.6. The molecule has 1 aliphatic rings. The van der Waals surface area contributed by atoms with E-state index < -0.39 is 0 Å². The van der Waals surface area contributed by atoms with Crippen LogP contribution in [-0.2, 0) is 4.74 Å². The van der Waals surface area contributed by atoms with Crippen LogP contribution >= 0.6 is 11.6 Å². The molecule has 0 radical (unpaired) electrons. The van der Waals surface area contributed by atoms with E-state index in [0.29, 0.717) is 42.0 Å². The molecule has 0 aliphatic carbocycles. The topological polar surface area (TPSA) is 114 Å². The van der Waals surface area contributed by atoms with Crippen molar-refractivity contribution in [1.29, 1.82) is 0 Å². The Morgan fingerprint density at radius 3 is 2.66 bits per heavy atom. The summed E-state index contributed by atoms with van der Waals surface area (Å²) in [6.45, 7) is 11.4. The highest BCUT2D eigenvalue weighted by molar-refractivity contribution is 6.18. The van der Waals surface area contributed by atoms with Gasteiger partial charge in [-0.25, -0.2) is 0 Å². The van der Waals surface area contributed by atoms with E-state index in [0.717, 1.165) is 50.7 Å². The number of ether oxygens (including phenoxy) is 2. The number of nitrogens with zero attached hydrogens (tertiary/aromatic N) is 2. The Bertz CT molecular complexity index is 1040. The van der Waals surface area contributed by atoms with E-state index in [1.54, 1.807) is 24.4 Å². The first-order valence-corrected chi connectivity index (χ1v) is 13.6. The van der Waals surface area contributed by atoms with E-state index in [9.17, 15) is 4.79 Å². The average Bonchev–Trinajstić information content (AvgIpc) is 2.95. The second-order valence-electron chi connectivity index (χ2n) is 8.12. The minimum atomic E-state index is -0.227. The predicted octanol–water partition coefficient (Wildman–Crippen LogP) is 4.59. The maximum Gasteiger partial charge on any atom is 0.270 e. The third-order valence-corrected chi connectivity index (χ3v) is 5.71. The Morgan fingerprint density at radius 2 is 1.95 bits per heavy atom. The largest absolute Gasteiger partial charge is 0.457 e. The second-order valence-corrected chi connectivity index (χ2v) is 8.43. The first kappa shape index (κ1) is 31.0. The molecule has 1 fully saturated rings. The van der Waals surface area contributed by atoms with Crippen LogP contribution in [0.3, 0.4) is 0 Å². The lowest BCUT2D eigenvalue weighted by Gasteiger charge is -2.26. The number of benzene rings is 1. The van der Waals surface area contributed by atoms with Gasteiger partial charge in [-0.2, -0.15) is 0 Å². The highest BCUT2D eigenvalue weighted by atomic mass is 35.5. The van der Waals surface area contributed by atoms with Crippen LogP contribution in [0.1, 0.15) is 37.7 Å². The fourth-order valence-electron chi connectivity index (χ4n) is 3.59. The molecule has 38 heavy (non-hydrogen) atoms. The molecule has 0 spiro atoms. The molecule has 10 heteroatoms. The van der Waals surface area contributed by atoms with E-state index in [1.807, 2.05) is 51.1 Å². The van der Waals surface area contributed by atoms with Crippen molar-refractivity contribution in [3.63, 3.8) is 0 Å². The molecule has 0 atom stereocenters. The number of carbonyl (C=O) groups excluding carboxylic acids is 1. The Kier molecular flexibility index (Phi) is 14.7. The van der Waals surface area contributed by atoms with Gasteiger partial charge in [-0.1, -0.05) is 26.0 Å². The van der Waals surface area contributed by atoms with Crippen LogP contribution in [0.25, 0.3) is 0 Å². The predicted molar refractivity (Wildman–Crippen MR) is 156 cm³/mol. The van der Waals surface area contributed by atoms with Gasteiger partial charge in [-0.15, -0.1) is 11.6 Å². The Labute approximate surface area is 231 Å². The molecule has 2 heterocycles. The van der Waals surface area contributed by atoms with Crippen LogP contribution < -0.4 is 26.4 Å². The van der Waals surface area contributed by atoms with Crippen LogP contribution in [0.4, 0.5) is 11.4 Å². The molecular formula is C28H41ClN6O3. The third kappa shape index (κ3) is 11.0. The number of carbonyl (C=O) groups is 1. The number of rotatable bonds is 13. The number of hydrogen-bond acceptors (Lipinski definition) is 8. The zero-order valence-corrected chi connectivity index (χ0v) is 23.4. The lowest BCUT2D eigenvalue weighted by atomic mass is 10.2. The van der Waals surface area contributed by atoms with Gasteiger partial charge < -0.3 is 31.2 Å². The molecule has 9 nitrogen and oxygen atoms in total. The summed E-state index contributed by atoms with van der Waals surface area (Å²) in [7, 11) is 0. The average molecular weight is 545 g/mol. The van der Waals surface area contributed by atoms with E-state index >= 15 is 0 Å². The molecule has 0 unspecified atom stereocenters. The van der Waals surface area contributed by atoms with E-state index in [2.05, 4.69) is 25.8 Å². The van der Waals surface area contributed by atoms with Crippen molar-refractivity contribution in [3.8, 4) is 11.5 Å². The SMILES string of the molecule is C/C=C(\C=C/CCl)NCNc1ccc(Oc2ccnc(C(=O)NCCCN3CCOCC3)c2)cc1N.CC. The van der Waals surface area contributed by atoms with Gasteiger partial charge in [0.25, 0.3) is 5.91 Å². The highest BCUT2D eigenvalue weighted by Gasteiger charge is 2.12. The summed E-state index contributed by atoms with van der Waals surface area (Å²) in [5, 5.41) is 9.42. The molecule has 0 saturated carbocycles. The second kappa shape index (κ2) is 18.1. The molecule has 3 rings (SSSR count). The first-order valence-electron chi connectivity index (χ1n) is 13.1. The molecule has 0 bridgehead atoms. The van der Waals surface area contributed by atoms with E-state index in [-0.39, 0.29) is 5.91 Å². The Morgan fingerprint density at radius 1 is 1.18 bits per heavy atom. The lowest BCUT2D eigenvalue weighted by Crippen LogP contribution is -2.38. The van der Waals surface area contributed by atoms with Crippen molar-refractivity contribution in [3.05, 3.63) is 66.1 Å². The number of allylic oxidation sites excluding steroid dienone is 3. The van der Waals surface area contributed by atoms with Gasteiger partial charge in [0.15, 0.2) is 0 Å². The van der Waals surface area contributed by atoms with Crippen LogP contribution in [-0.4, -0.2) is 67.7 Å². The number of nitrogen functional groups attached to an aromatic ring is 1. The molecular weight excluding hydrogens is 504 g/mol. The maximum absolute atomic E-state index is 12.5. The van der Waals surface area contributed by atoms with Crippen LogP contribution in [0, 0.1) is 0 Å². The number of amides is 1. The number of nitrogens with two attached hydrogens (primary N) is 1. The van der Waals surface area contributed by atoms with E-state index in [1.165, 1.54) is 0 Å². The lowest BCUT2D eigenvalue weighted by molar-refractivity contribution is 0.0374. The summed E-state index contributed by atoms with van der Waals surface area (Å²) in [6.07, 6.45) is 8.17. The molecule has 5 N–H and O–H groups in total. The fourth-order valence-corrected chi connectivity index (χ4v) is 3.68.